The number of benzene rings is 1. The van der Waals surface area contributed by atoms with Gasteiger partial charge in [0.15, 0.2) is 0 Å². The Labute approximate surface area is 126 Å². The fourth-order valence-electron chi connectivity index (χ4n) is 3.18. The number of nitrogens with one attached hydrogen (secondary N) is 1. The number of rotatable bonds is 4. The summed E-state index contributed by atoms with van der Waals surface area (Å²) < 4.78 is 1.15. The van der Waals surface area contributed by atoms with E-state index in [0.717, 1.165) is 10.4 Å². The molecule has 1 aromatic carbocycles. The van der Waals surface area contributed by atoms with E-state index < -0.39 is 0 Å². The van der Waals surface area contributed by atoms with Gasteiger partial charge in [-0.05, 0) is 63.1 Å². The van der Waals surface area contributed by atoms with Crippen LogP contribution in [0.15, 0.2) is 28.7 Å². The van der Waals surface area contributed by atoms with Crippen molar-refractivity contribution in [2.75, 3.05) is 0 Å². The average Bonchev–Trinajstić information content (AvgIpc) is 2.40. The summed E-state index contributed by atoms with van der Waals surface area (Å²) in [5, 5.41) is 3.86. The van der Waals surface area contributed by atoms with Crippen LogP contribution in [-0.2, 0) is 5.54 Å². The van der Waals surface area contributed by atoms with Crippen molar-refractivity contribution in [1.82, 2.24) is 5.32 Å². The zero-order valence-corrected chi connectivity index (χ0v) is 14.0. The molecule has 1 aromatic rings. The lowest BCUT2D eigenvalue weighted by Gasteiger charge is -2.36. The highest BCUT2D eigenvalue weighted by Gasteiger charge is 2.27. The summed E-state index contributed by atoms with van der Waals surface area (Å²) in [6.45, 7) is 6.91. The molecule has 1 aliphatic carbocycles. The molecule has 0 heterocycles. The quantitative estimate of drug-likeness (QED) is 0.798. The van der Waals surface area contributed by atoms with Crippen molar-refractivity contribution in [2.24, 2.45) is 5.92 Å². The van der Waals surface area contributed by atoms with E-state index in [0.29, 0.717) is 6.04 Å². The predicted molar refractivity (Wildman–Crippen MR) is 86.3 cm³/mol. The monoisotopic (exact) mass is 323 g/mol. The molecule has 2 rings (SSSR count). The molecule has 1 N–H and O–H groups in total. The van der Waals surface area contributed by atoms with E-state index in [-0.39, 0.29) is 5.54 Å². The van der Waals surface area contributed by atoms with Crippen LogP contribution in [0.4, 0.5) is 0 Å². The second kappa shape index (κ2) is 6.41. The van der Waals surface area contributed by atoms with E-state index >= 15 is 0 Å². The van der Waals surface area contributed by atoms with Crippen molar-refractivity contribution in [1.29, 1.82) is 0 Å². The highest BCUT2D eigenvalue weighted by molar-refractivity contribution is 9.10. The lowest BCUT2D eigenvalue weighted by Crippen LogP contribution is -2.45. The topological polar surface area (TPSA) is 12.0 Å². The van der Waals surface area contributed by atoms with Gasteiger partial charge in [0, 0.05) is 16.1 Å². The van der Waals surface area contributed by atoms with Gasteiger partial charge in [-0.3, -0.25) is 0 Å². The molecule has 19 heavy (non-hydrogen) atoms. The van der Waals surface area contributed by atoms with Crippen LogP contribution >= 0.6 is 15.9 Å². The minimum Gasteiger partial charge on any atom is -0.305 e. The summed E-state index contributed by atoms with van der Waals surface area (Å²) in [6, 6.07) is 9.38. The van der Waals surface area contributed by atoms with Gasteiger partial charge < -0.3 is 5.32 Å². The van der Waals surface area contributed by atoms with Crippen LogP contribution in [0.25, 0.3) is 0 Å². The Bertz CT molecular complexity index is 388. The van der Waals surface area contributed by atoms with Crippen molar-refractivity contribution in [3.05, 3.63) is 34.3 Å². The molecule has 0 saturated heterocycles. The largest absolute Gasteiger partial charge is 0.305 e. The maximum Gasteiger partial charge on any atom is 0.0379 e. The molecule has 2 heteroatoms. The molecule has 0 bridgehead atoms. The van der Waals surface area contributed by atoms with E-state index in [1.54, 1.807) is 0 Å². The zero-order valence-electron chi connectivity index (χ0n) is 12.4. The molecule has 0 spiro atoms. The SMILES string of the molecule is CCC1CCC(NC(C)(C)c2ccc(Br)cc2)CC1. The lowest BCUT2D eigenvalue weighted by molar-refractivity contribution is 0.238. The maximum atomic E-state index is 3.86. The molecule has 0 aromatic heterocycles. The molecule has 1 nitrogen and oxygen atoms in total. The first-order chi connectivity index (χ1) is 9.01. The fraction of sp³-hybridized carbons (Fsp3) is 0.647. The molecule has 0 amide bonds. The van der Waals surface area contributed by atoms with Crippen LogP contribution in [0.2, 0.25) is 0 Å². The third-order valence-corrected chi connectivity index (χ3v) is 5.08. The van der Waals surface area contributed by atoms with Crippen LogP contribution in [0.1, 0.15) is 58.4 Å². The number of hydrogen-bond acceptors (Lipinski definition) is 1. The second-order valence-electron chi connectivity index (χ2n) is 6.40. The fourth-order valence-corrected chi connectivity index (χ4v) is 3.44. The summed E-state index contributed by atoms with van der Waals surface area (Å²) in [5.41, 5.74) is 1.43. The average molecular weight is 324 g/mol. The van der Waals surface area contributed by atoms with Crippen LogP contribution in [0.3, 0.4) is 0 Å². The molecule has 1 aliphatic rings. The third kappa shape index (κ3) is 4.06. The Kier molecular flexibility index (Phi) is 5.08. The molecule has 0 unspecified atom stereocenters. The van der Waals surface area contributed by atoms with Gasteiger partial charge in [-0.25, -0.2) is 0 Å². The Morgan fingerprint density at radius 2 is 1.68 bits per heavy atom. The van der Waals surface area contributed by atoms with Crippen molar-refractivity contribution in [3.63, 3.8) is 0 Å². The molecule has 1 fully saturated rings. The van der Waals surface area contributed by atoms with Crippen molar-refractivity contribution in [3.8, 4) is 0 Å². The standard InChI is InChI=1S/C17H26BrN/c1-4-13-5-11-16(12-6-13)19-17(2,3)14-7-9-15(18)10-8-14/h7-10,13,16,19H,4-6,11-12H2,1-3H3. The Morgan fingerprint density at radius 1 is 1.11 bits per heavy atom. The van der Waals surface area contributed by atoms with E-state index in [2.05, 4.69) is 66.3 Å². The van der Waals surface area contributed by atoms with Gasteiger partial charge in [-0.2, -0.15) is 0 Å². The smallest absolute Gasteiger partial charge is 0.0379 e. The van der Waals surface area contributed by atoms with Gasteiger partial charge >= 0.3 is 0 Å². The highest BCUT2D eigenvalue weighted by atomic mass is 79.9. The van der Waals surface area contributed by atoms with E-state index in [4.69, 9.17) is 0 Å². The van der Waals surface area contributed by atoms with Crippen molar-refractivity contribution >= 4 is 15.9 Å². The summed E-state index contributed by atoms with van der Waals surface area (Å²) in [5.74, 6) is 0.967. The number of hydrogen-bond donors (Lipinski definition) is 1. The molecule has 0 atom stereocenters. The Balaban J connectivity index is 1.95. The minimum atomic E-state index is 0.0599. The molecular formula is C17H26BrN. The first kappa shape index (κ1) is 15.1. The van der Waals surface area contributed by atoms with Crippen LogP contribution < -0.4 is 5.32 Å². The Morgan fingerprint density at radius 3 is 2.21 bits per heavy atom. The van der Waals surface area contributed by atoms with Crippen LogP contribution in [0, 0.1) is 5.92 Å². The Hall–Kier alpha value is -0.340. The van der Waals surface area contributed by atoms with E-state index in [1.165, 1.54) is 37.7 Å². The van der Waals surface area contributed by atoms with Gasteiger partial charge in [0.2, 0.25) is 0 Å². The highest BCUT2D eigenvalue weighted by Crippen LogP contribution is 2.30. The predicted octanol–water partition coefficient (Wildman–Crippen LogP) is 5.24. The van der Waals surface area contributed by atoms with Crippen molar-refractivity contribution < 1.29 is 0 Å². The van der Waals surface area contributed by atoms with Crippen LogP contribution in [-0.4, -0.2) is 6.04 Å². The lowest BCUT2D eigenvalue weighted by atomic mass is 9.83. The van der Waals surface area contributed by atoms with Crippen molar-refractivity contribution in [2.45, 2.75) is 64.5 Å². The summed E-state index contributed by atoms with van der Waals surface area (Å²) in [6.07, 6.45) is 6.80. The first-order valence-corrected chi connectivity index (χ1v) is 8.34. The second-order valence-corrected chi connectivity index (χ2v) is 7.32. The van der Waals surface area contributed by atoms with E-state index in [1.807, 2.05) is 0 Å². The summed E-state index contributed by atoms with van der Waals surface area (Å²) in [7, 11) is 0. The van der Waals surface area contributed by atoms with Gasteiger partial charge in [-0.15, -0.1) is 0 Å². The molecule has 0 aliphatic heterocycles. The molecule has 0 radical (unpaired) electrons. The van der Waals surface area contributed by atoms with Crippen LogP contribution in [0.5, 0.6) is 0 Å². The summed E-state index contributed by atoms with van der Waals surface area (Å²) >= 11 is 3.50. The molecule has 1 saturated carbocycles. The maximum absolute atomic E-state index is 3.86. The van der Waals surface area contributed by atoms with Gasteiger partial charge in [-0.1, -0.05) is 41.4 Å². The first-order valence-electron chi connectivity index (χ1n) is 7.55. The van der Waals surface area contributed by atoms with E-state index in [9.17, 15) is 0 Å². The van der Waals surface area contributed by atoms with Gasteiger partial charge in [0.1, 0.15) is 0 Å². The van der Waals surface area contributed by atoms with Gasteiger partial charge in [0.05, 0.1) is 0 Å². The minimum absolute atomic E-state index is 0.0599. The molecule has 106 valence electrons. The molecular weight excluding hydrogens is 298 g/mol. The normalized spacial score (nSPS) is 24.4. The number of halogens is 1. The summed E-state index contributed by atoms with van der Waals surface area (Å²) in [4.78, 5) is 0. The van der Waals surface area contributed by atoms with Gasteiger partial charge in [0.25, 0.3) is 0 Å². The third-order valence-electron chi connectivity index (χ3n) is 4.55. The zero-order chi connectivity index (χ0) is 13.9.